The maximum atomic E-state index is 13.0. The fourth-order valence-corrected chi connectivity index (χ4v) is 2.86. The minimum atomic E-state index is -0.480. The van der Waals surface area contributed by atoms with Gasteiger partial charge in [-0.2, -0.15) is 0 Å². The Labute approximate surface area is 158 Å². The molecule has 1 rings (SSSR count). The van der Waals surface area contributed by atoms with Gasteiger partial charge >= 0.3 is 0 Å². The van der Waals surface area contributed by atoms with Gasteiger partial charge in [0.05, 0.1) is 12.1 Å². The number of hydrogen-bond acceptors (Lipinski definition) is 4. The average Bonchev–Trinajstić information content (AvgIpc) is 2.56. The summed E-state index contributed by atoms with van der Waals surface area (Å²) in [6, 6.07) is 9.02. The number of carbonyl (C=O) groups excluding carboxylic acids is 2. The molecular weight excluding hydrogens is 326 g/mol. The summed E-state index contributed by atoms with van der Waals surface area (Å²) >= 11 is 0. The third-order valence-corrected chi connectivity index (χ3v) is 4.13. The summed E-state index contributed by atoms with van der Waals surface area (Å²) in [5.41, 5.74) is 6.46. The Morgan fingerprint density at radius 1 is 1.08 bits per heavy atom. The summed E-state index contributed by atoms with van der Waals surface area (Å²) in [4.78, 5) is 25.4. The fourth-order valence-electron chi connectivity index (χ4n) is 2.86. The van der Waals surface area contributed by atoms with Gasteiger partial charge in [-0.3, -0.25) is 9.59 Å². The van der Waals surface area contributed by atoms with Crippen LogP contribution < -0.4 is 16.4 Å². The first kappa shape index (κ1) is 22.3. The highest BCUT2D eigenvalue weighted by molar-refractivity contribution is 5.91. The molecule has 0 bridgehead atoms. The van der Waals surface area contributed by atoms with Crippen molar-refractivity contribution in [3.8, 4) is 0 Å². The number of nitrogens with two attached hydrogens (primary N) is 1. The number of benzene rings is 1. The van der Waals surface area contributed by atoms with E-state index in [4.69, 9.17) is 5.73 Å². The molecule has 0 aliphatic heterocycles. The van der Waals surface area contributed by atoms with Gasteiger partial charge in [0.25, 0.3) is 0 Å². The average molecular weight is 362 g/mol. The Bertz CT molecular complexity index is 564. The van der Waals surface area contributed by atoms with E-state index < -0.39 is 12.1 Å². The standard InChI is InChI=1S/C21H35N3O2/c1-15(2)19(25)17(12-9-13-22)23-20(26)18(24-21(3,4)5)14-16-10-7-6-8-11-16/h6-8,10-11,15,17-18,24H,9,12-14,22H2,1-5H3,(H,23,26). The summed E-state index contributed by atoms with van der Waals surface area (Å²) < 4.78 is 0. The predicted molar refractivity (Wildman–Crippen MR) is 107 cm³/mol. The fraction of sp³-hybridized carbons (Fsp3) is 0.619. The second kappa shape index (κ2) is 10.4. The summed E-state index contributed by atoms with van der Waals surface area (Å²) in [7, 11) is 0. The van der Waals surface area contributed by atoms with Gasteiger partial charge in [-0.25, -0.2) is 0 Å². The van der Waals surface area contributed by atoms with Crippen LogP contribution in [0.1, 0.15) is 53.0 Å². The van der Waals surface area contributed by atoms with Gasteiger partial charge < -0.3 is 16.4 Å². The van der Waals surface area contributed by atoms with Crippen LogP contribution in [0.3, 0.4) is 0 Å². The van der Waals surface area contributed by atoms with Gasteiger partial charge in [0.1, 0.15) is 0 Å². The Balaban J connectivity index is 2.92. The molecule has 2 atom stereocenters. The lowest BCUT2D eigenvalue weighted by molar-refractivity contribution is -0.130. The molecule has 5 nitrogen and oxygen atoms in total. The van der Waals surface area contributed by atoms with Gasteiger partial charge in [0.2, 0.25) is 5.91 Å². The molecule has 0 saturated carbocycles. The van der Waals surface area contributed by atoms with Crippen LogP contribution >= 0.6 is 0 Å². The van der Waals surface area contributed by atoms with Crippen molar-refractivity contribution in [1.82, 2.24) is 10.6 Å². The van der Waals surface area contributed by atoms with Crippen molar-refractivity contribution in [3.05, 3.63) is 35.9 Å². The Morgan fingerprint density at radius 3 is 2.19 bits per heavy atom. The van der Waals surface area contributed by atoms with E-state index in [1.807, 2.05) is 65.0 Å². The lowest BCUT2D eigenvalue weighted by Crippen LogP contribution is -2.56. The lowest BCUT2D eigenvalue weighted by atomic mass is 9.96. The van der Waals surface area contributed by atoms with Crippen LogP contribution in [-0.2, 0) is 16.0 Å². The zero-order valence-electron chi connectivity index (χ0n) is 16.8. The number of nitrogens with one attached hydrogen (secondary N) is 2. The van der Waals surface area contributed by atoms with Crippen LogP contribution in [0.25, 0.3) is 0 Å². The van der Waals surface area contributed by atoms with Crippen molar-refractivity contribution in [3.63, 3.8) is 0 Å². The van der Waals surface area contributed by atoms with E-state index in [2.05, 4.69) is 10.6 Å². The molecule has 5 heteroatoms. The Morgan fingerprint density at radius 2 is 1.69 bits per heavy atom. The quantitative estimate of drug-likeness (QED) is 0.598. The summed E-state index contributed by atoms with van der Waals surface area (Å²) in [5, 5.41) is 6.36. The molecule has 0 aromatic heterocycles. The Kier molecular flexibility index (Phi) is 8.96. The minimum absolute atomic E-state index is 0.0565. The van der Waals surface area contributed by atoms with E-state index >= 15 is 0 Å². The smallest absolute Gasteiger partial charge is 0.238 e. The van der Waals surface area contributed by atoms with Crippen LogP contribution in [0.2, 0.25) is 0 Å². The maximum absolute atomic E-state index is 13.0. The second-order valence-corrected chi connectivity index (χ2v) is 8.19. The minimum Gasteiger partial charge on any atom is -0.345 e. The zero-order valence-corrected chi connectivity index (χ0v) is 16.8. The van der Waals surface area contributed by atoms with Crippen LogP contribution in [0.4, 0.5) is 0 Å². The lowest BCUT2D eigenvalue weighted by Gasteiger charge is -2.30. The number of hydrogen-bond donors (Lipinski definition) is 3. The van der Waals surface area contributed by atoms with Crippen molar-refractivity contribution >= 4 is 11.7 Å². The first-order valence-corrected chi connectivity index (χ1v) is 9.50. The summed E-state index contributed by atoms with van der Waals surface area (Å²) in [6.07, 6.45) is 1.86. The van der Waals surface area contributed by atoms with Gasteiger partial charge in [-0.15, -0.1) is 0 Å². The molecule has 146 valence electrons. The molecule has 1 aromatic rings. The first-order chi connectivity index (χ1) is 12.1. The van der Waals surface area contributed by atoms with Gasteiger partial charge in [-0.1, -0.05) is 44.2 Å². The van der Waals surface area contributed by atoms with Gasteiger partial charge in [0.15, 0.2) is 5.78 Å². The molecule has 4 N–H and O–H groups in total. The number of ketones is 1. The van der Waals surface area contributed by atoms with Crippen LogP contribution in [0, 0.1) is 5.92 Å². The van der Waals surface area contributed by atoms with E-state index in [1.54, 1.807) is 0 Å². The van der Waals surface area contributed by atoms with E-state index in [9.17, 15) is 9.59 Å². The Hall–Kier alpha value is -1.72. The molecular formula is C21H35N3O2. The molecule has 1 amide bonds. The largest absolute Gasteiger partial charge is 0.345 e. The molecule has 2 unspecified atom stereocenters. The third kappa shape index (κ3) is 8.11. The topological polar surface area (TPSA) is 84.2 Å². The highest BCUT2D eigenvalue weighted by Crippen LogP contribution is 2.11. The number of carbonyl (C=O) groups is 2. The highest BCUT2D eigenvalue weighted by atomic mass is 16.2. The summed E-state index contributed by atoms with van der Waals surface area (Å²) in [6.45, 7) is 10.3. The molecule has 0 radical (unpaired) electrons. The molecule has 0 aliphatic rings. The molecule has 1 aromatic carbocycles. The molecule has 0 aliphatic carbocycles. The van der Waals surface area contributed by atoms with Crippen molar-refractivity contribution in [2.45, 2.75) is 71.5 Å². The molecule has 0 spiro atoms. The van der Waals surface area contributed by atoms with Crippen molar-refractivity contribution in [2.24, 2.45) is 11.7 Å². The van der Waals surface area contributed by atoms with Crippen LogP contribution in [-0.4, -0.2) is 35.9 Å². The molecule has 26 heavy (non-hydrogen) atoms. The van der Waals surface area contributed by atoms with Crippen LogP contribution in [0.5, 0.6) is 0 Å². The monoisotopic (exact) mass is 361 g/mol. The normalized spacial score (nSPS) is 14.1. The SMILES string of the molecule is CC(C)C(=O)C(CCCN)NC(=O)C(Cc1ccccc1)NC(C)(C)C. The molecule has 0 fully saturated rings. The van der Waals surface area contributed by atoms with E-state index in [0.29, 0.717) is 25.8 Å². The first-order valence-electron chi connectivity index (χ1n) is 9.50. The predicted octanol–water partition coefficient (Wildman–Crippen LogP) is 2.43. The molecule has 0 heterocycles. The van der Waals surface area contributed by atoms with Gasteiger partial charge in [-0.05, 0) is 52.1 Å². The van der Waals surface area contributed by atoms with Crippen molar-refractivity contribution in [1.29, 1.82) is 0 Å². The third-order valence-electron chi connectivity index (χ3n) is 4.13. The van der Waals surface area contributed by atoms with E-state index in [-0.39, 0.29) is 23.1 Å². The number of rotatable bonds is 10. The highest BCUT2D eigenvalue weighted by Gasteiger charge is 2.28. The second-order valence-electron chi connectivity index (χ2n) is 8.19. The molecule has 0 saturated heterocycles. The van der Waals surface area contributed by atoms with Crippen molar-refractivity contribution in [2.75, 3.05) is 6.54 Å². The summed E-state index contributed by atoms with van der Waals surface area (Å²) in [5.74, 6) is -0.206. The maximum Gasteiger partial charge on any atom is 0.238 e. The van der Waals surface area contributed by atoms with Gasteiger partial charge in [0, 0.05) is 11.5 Å². The number of Topliss-reactive ketones (excluding diaryl/α,β-unsaturated/α-hetero) is 1. The zero-order chi connectivity index (χ0) is 19.7. The van der Waals surface area contributed by atoms with E-state index in [0.717, 1.165) is 5.56 Å². The van der Waals surface area contributed by atoms with Crippen LogP contribution in [0.15, 0.2) is 30.3 Å². The van der Waals surface area contributed by atoms with E-state index in [1.165, 1.54) is 0 Å². The number of amides is 1. The van der Waals surface area contributed by atoms with Crippen molar-refractivity contribution < 1.29 is 9.59 Å².